The second-order valence-corrected chi connectivity index (χ2v) is 5.94. The van der Waals surface area contributed by atoms with E-state index < -0.39 is 0 Å². The fourth-order valence-corrected chi connectivity index (χ4v) is 3.50. The Kier molecular flexibility index (Phi) is 5.55. The Morgan fingerprint density at radius 1 is 1.30 bits per heavy atom. The lowest BCUT2D eigenvalue weighted by Gasteiger charge is -2.39. The van der Waals surface area contributed by atoms with Gasteiger partial charge in [0.1, 0.15) is 5.82 Å². The van der Waals surface area contributed by atoms with Crippen LogP contribution in [0.3, 0.4) is 0 Å². The number of halogens is 1. The molecule has 1 aliphatic rings. The van der Waals surface area contributed by atoms with Crippen molar-refractivity contribution in [2.24, 2.45) is 0 Å². The fraction of sp³-hybridized carbons (Fsp3) is 0.647. The third-order valence-electron chi connectivity index (χ3n) is 4.79. The predicted molar refractivity (Wildman–Crippen MR) is 82.3 cm³/mol. The Balaban J connectivity index is 2.04. The number of hydrogen-bond donors (Lipinski definition) is 1. The summed E-state index contributed by atoms with van der Waals surface area (Å²) in [5.74, 6) is -0.131. The van der Waals surface area contributed by atoms with Gasteiger partial charge < -0.3 is 5.32 Å². The topological polar surface area (TPSA) is 15.3 Å². The molecule has 0 heterocycles. The van der Waals surface area contributed by atoms with E-state index in [-0.39, 0.29) is 5.82 Å². The number of rotatable bonds is 5. The first-order valence-corrected chi connectivity index (χ1v) is 7.80. The van der Waals surface area contributed by atoms with E-state index in [1.54, 1.807) is 6.07 Å². The molecule has 1 aliphatic carbocycles. The van der Waals surface area contributed by atoms with Crippen molar-refractivity contribution >= 4 is 0 Å². The van der Waals surface area contributed by atoms with Crippen LogP contribution >= 0.6 is 0 Å². The molecule has 0 spiro atoms. The Morgan fingerprint density at radius 3 is 2.55 bits per heavy atom. The molecule has 0 aliphatic heterocycles. The Bertz CT molecular complexity index is 413. The summed E-state index contributed by atoms with van der Waals surface area (Å²) in [5.41, 5.74) is 1.10. The van der Waals surface area contributed by atoms with Crippen LogP contribution in [0.2, 0.25) is 0 Å². The molecule has 1 saturated carbocycles. The summed E-state index contributed by atoms with van der Waals surface area (Å²) in [6.07, 6.45) is 5.96. The Labute approximate surface area is 122 Å². The molecule has 0 bridgehead atoms. The van der Waals surface area contributed by atoms with Gasteiger partial charge in [0.15, 0.2) is 0 Å². The molecule has 2 rings (SSSR count). The van der Waals surface area contributed by atoms with Gasteiger partial charge in [0.2, 0.25) is 0 Å². The van der Waals surface area contributed by atoms with Crippen LogP contribution in [0.5, 0.6) is 0 Å². The van der Waals surface area contributed by atoms with Crippen molar-refractivity contribution < 1.29 is 4.39 Å². The van der Waals surface area contributed by atoms with E-state index in [9.17, 15) is 4.39 Å². The number of hydrogen-bond acceptors (Lipinski definition) is 2. The van der Waals surface area contributed by atoms with Crippen molar-refractivity contribution in [3.63, 3.8) is 0 Å². The van der Waals surface area contributed by atoms with Gasteiger partial charge in [0.05, 0.1) is 0 Å². The molecule has 112 valence electrons. The number of nitrogens with zero attached hydrogens (tertiary/aromatic N) is 1. The van der Waals surface area contributed by atoms with Gasteiger partial charge in [-0.25, -0.2) is 4.39 Å². The molecule has 2 nitrogen and oxygen atoms in total. The smallest absolute Gasteiger partial charge is 0.123 e. The monoisotopic (exact) mass is 278 g/mol. The van der Waals surface area contributed by atoms with Crippen molar-refractivity contribution in [2.75, 3.05) is 14.1 Å². The quantitative estimate of drug-likeness (QED) is 0.882. The SMILES string of the molecule is CCC(c1cccc(F)c1)N(C)C1CCC(NC)CC1. The van der Waals surface area contributed by atoms with E-state index in [1.165, 1.54) is 31.7 Å². The van der Waals surface area contributed by atoms with Gasteiger partial charge in [-0.15, -0.1) is 0 Å². The summed E-state index contributed by atoms with van der Waals surface area (Å²) in [7, 11) is 4.25. The van der Waals surface area contributed by atoms with Crippen LogP contribution in [0.4, 0.5) is 4.39 Å². The molecular formula is C17H27FN2. The highest BCUT2D eigenvalue weighted by molar-refractivity contribution is 5.20. The standard InChI is InChI=1S/C17H27FN2/c1-4-17(13-6-5-7-14(18)12-13)20(3)16-10-8-15(19-2)9-11-16/h5-7,12,15-17,19H,4,8-11H2,1-3H3. The molecule has 0 saturated heterocycles. The maximum atomic E-state index is 13.4. The van der Waals surface area contributed by atoms with Crippen molar-refractivity contribution in [3.05, 3.63) is 35.6 Å². The van der Waals surface area contributed by atoms with Gasteiger partial charge >= 0.3 is 0 Å². The van der Waals surface area contributed by atoms with Gasteiger partial charge in [0, 0.05) is 18.1 Å². The number of benzene rings is 1. The van der Waals surface area contributed by atoms with Crippen LogP contribution in [0.15, 0.2) is 24.3 Å². The molecule has 1 fully saturated rings. The summed E-state index contributed by atoms with van der Waals surface area (Å²) in [6.45, 7) is 2.19. The van der Waals surface area contributed by atoms with Crippen molar-refractivity contribution in [2.45, 2.75) is 57.2 Å². The molecule has 1 N–H and O–H groups in total. The largest absolute Gasteiger partial charge is 0.317 e. The van der Waals surface area contributed by atoms with Crippen LogP contribution in [0.1, 0.15) is 50.6 Å². The highest BCUT2D eigenvalue weighted by atomic mass is 19.1. The van der Waals surface area contributed by atoms with Crippen molar-refractivity contribution in [3.8, 4) is 0 Å². The maximum Gasteiger partial charge on any atom is 0.123 e. The minimum Gasteiger partial charge on any atom is -0.317 e. The van der Waals surface area contributed by atoms with Crippen molar-refractivity contribution in [1.29, 1.82) is 0 Å². The Hall–Kier alpha value is -0.930. The van der Waals surface area contributed by atoms with Crippen LogP contribution in [0, 0.1) is 5.82 Å². The summed E-state index contributed by atoms with van der Waals surface area (Å²) < 4.78 is 13.4. The van der Waals surface area contributed by atoms with Crippen LogP contribution in [-0.2, 0) is 0 Å². The maximum absolute atomic E-state index is 13.4. The molecule has 1 aromatic carbocycles. The lowest BCUT2D eigenvalue weighted by atomic mass is 9.88. The van der Waals surface area contributed by atoms with E-state index in [0.29, 0.717) is 18.1 Å². The van der Waals surface area contributed by atoms with Crippen LogP contribution in [0.25, 0.3) is 0 Å². The molecule has 0 aromatic heterocycles. The zero-order valence-electron chi connectivity index (χ0n) is 12.9. The third-order valence-corrected chi connectivity index (χ3v) is 4.79. The first-order valence-electron chi connectivity index (χ1n) is 7.80. The van der Waals surface area contributed by atoms with Gasteiger partial charge in [-0.05, 0) is 63.9 Å². The van der Waals surface area contributed by atoms with E-state index in [1.807, 2.05) is 12.1 Å². The second kappa shape index (κ2) is 7.19. The van der Waals surface area contributed by atoms with E-state index in [2.05, 4.69) is 31.2 Å². The van der Waals surface area contributed by atoms with E-state index in [0.717, 1.165) is 12.0 Å². The first kappa shape index (κ1) is 15.5. The summed E-state index contributed by atoms with van der Waals surface area (Å²) in [5, 5.41) is 3.38. The second-order valence-electron chi connectivity index (χ2n) is 5.94. The van der Waals surface area contributed by atoms with E-state index >= 15 is 0 Å². The summed E-state index contributed by atoms with van der Waals surface area (Å²) in [4.78, 5) is 2.46. The highest BCUT2D eigenvalue weighted by Crippen LogP contribution is 2.31. The van der Waals surface area contributed by atoms with E-state index in [4.69, 9.17) is 0 Å². The number of nitrogens with one attached hydrogen (secondary N) is 1. The first-order chi connectivity index (χ1) is 9.65. The van der Waals surface area contributed by atoms with Gasteiger partial charge in [0.25, 0.3) is 0 Å². The molecule has 1 atom stereocenters. The minimum absolute atomic E-state index is 0.131. The third kappa shape index (κ3) is 3.58. The normalized spacial score (nSPS) is 24.9. The molecular weight excluding hydrogens is 251 g/mol. The van der Waals surface area contributed by atoms with Gasteiger partial charge in [-0.2, -0.15) is 0 Å². The molecule has 0 radical (unpaired) electrons. The summed E-state index contributed by atoms with van der Waals surface area (Å²) in [6, 6.07) is 8.69. The van der Waals surface area contributed by atoms with Crippen molar-refractivity contribution in [1.82, 2.24) is 10.2 Å². The fourth-order valence-electron chi connectivity index (χ4n) is 3.50. The lowest BCUT2D eigenvalue weighted by molar-refractivity contribution is 0.124. The highest BCUT2D eigenvalue weighted by Gasteiger charge is 2.27. The lowest BCUT2D eigenvalue weighted by Crippen LogP contribution is -2.41. The predicted octanol–water partition coefficient (Wildman–Crippen LogP) is 3.74. The molecule has 3 heteroatoms. The molecule has 1 aromatic rings. The van der Waals surface area contributed by atoms with Gasteiger partial charge in [-0.3, -0.25) is 4.90 Å². The molecule has 0 amide bonds. The molecule has 1 unspecified atom stereocenters. The van der Waals surface area contributed by atoms with Gasteiger partial charge in [-0.1, -0.05) is 19.1 Å². The average molecular weight is 278 g/mol. The van der Waals surface area contributed by atoms with Crippen LogP contribution < -0.4 is 5.32 Å². The Morgan fingerprint density at radius 2 is 2.00 bits per heavy atom. The molecule has 20 heavy (non-hydrogen) atoms. The zero-order valence-corrected chi connectivity index (χ0v) is 12.9. The average Bonchev–Trinajstić information content (AvgIpc) is 2.48. The van der Waals surface area contributed by atoms with Crippen LogP contribution in [-0.4, -0.2) is 31.1 Å². The summed E-state index contributed by atoms with van der Waals surface area (Å²) >= 11 is 0. The zero-order chi connectivity index (χ0) is 14.5. The minimum atomic E-state index is -0.131.